The van der Waals surface area contributed by atoms with Crippen LogP contribution in [0.3, 0.4) is 0 Å². The SMILES string of the molecule is COc1ccc(C(=O)NC2(C(=O)O)Cc3ccccc3C2)cc1OCCc1cccc(C2CC2)c1. The number of ether oxygens (including phenoxy) is 2. The summed E-state index contributed by atoms with van der Waals surface area (Å²) >= 11 is 0. The van der Waals surface area contributed by atoms with Crippen LogP contribution in [0.5, 0.6) is 11.5 Å². The number of fused-ring (bicyclic) bond motifs is 1. The average Bonchev–Trinajstić information content (AvgIpc) is 3.64. The maximum Gasteiger partial charge on any atom is 0.330 e. The number of carboxylic acid groups (broad SMARTS) is 1. The summed E-state index contributed by atoms with van der Waals surface area (Å²) in [5.74, 6) is 0.185. The number of rotatable bonds is 9. The number of carboxylic acids is 1. The predicted molar refractivity (Wildman–Crippen MR) is 132 cm³/mol. The summed E-state index contributed by atoms with van der Waals surface area (Å²) in [6.07, 6.45) is 3.77. The lowest BCUT2D eigenvalue weighted by atomic mass is 9.95. The molecule has 0 unspecified atom stereocenters. The summed E-state index contributed by atoms with van der Waals surface area (Å²) in [7, 11) is 1.55. The molecule has 180 valence electrons. The van der Waals surface area contributed by atoms with Crippen LogP contribution in [-0.4, -0.2) is 36.2 Å². The lowest BCUT2D eigenvalue weighted by Gasteiger charge is -2.25. The second-order valence-electron chi connectivity index (χ2n) is 9.45. The third-order valence-corrected chi connectivity index (χ3v) is 6.94. The van der Waals surface area contributed by atoms with Crippen molar-refractivity contribution in [3.63, 3.8) is 0 Å². The molecule has 35 heavy (non-hydrogen) atoms. The third kappa shape index (κ3) is 4.87. The Morgan fingerprint density at radius 2 is 1.71 bits per heavy atom. The van der Waals surface area contributed by atoms with Gasteiger partial charge in [-0.1, -0.05) is 48.5 Å². The monoisotopic (exact) mass is 471 g/mol. The molecular weight excluding hydrogens is 442 g/mol. The number of benzene rings is 3. The number of aliphatic carboxylic acids is 1. The molecule has 0 aliphatic heterocycles. The number of carbonyl (C=O) groups is 2. The first-order valence-corrected chi connectivity index (χ1v) is 12.0. The van der Waals surface area contributed by atoms with E-state index in [1.54, 1.807) is 25.3 Å². The zero-order valence-electron chi connectivity index (χ0n) is 19.8. The Hall–Kier alpha value is -3.80. The fraction of sp³-hybridized carbons (Fsp3) is 0.310. The Balaban J connectivity index is 1.28. The van der Waals surface area contributed by atoms with Crippen LogP contribution in [0.25, 0.3) is 0 Å². The number of hydrogen-bond donors (Lipinski definition) is 2. The van der Waals surface area contributed by atoms with Gasteiger partial charge in [0.2, 0.25) is 0 Å². The summed E-state index contributed by atoms with van der Waals surface area (Å²) in [4.78, 5) is 25.4. The standard InChI is InChI=1S/C29H29NO5/c1-34-25-12-11-22(16-26(25)35-14-13-19-5-4-8-21(15-19)20-9-10-20)27(31)30-29(28(32)33)17-23-6-2-3-7-24(23)18-29/h2-8,11-12,15-16,20H,9-10,13-14,17-18H2,1H3,(H,30,31)(H,32,33). The van der Waals surface area contributed by atoms with Gasteiger partial charge in [-0.3, -0.25) is 4.79 Å². The van der Waals surface area contributed by atoms with Gasteiger partial charge in [0.25, 0.3) is 5.91 Å². The zero-order valence-corrected chi connectivity index (χ0v) is 19.8. The van der Waals surface area contributed by atoms with Crippen LogP contribution < -0.4 is 14.8 Å². The van der Waals surface area contributed by atoms with Crippen LogP contribution in [0.15, 0.2) is 66.7 Å². The molecule has 1 saturated carbocycles. The summed E-state index contributed by atoms with van der Waals surface area (Å²) in [6.45, 7) is 0.434. The normalized spacial score (nSPS) is 15.8. The molecule has 0 spiro atoms. The molecular formula is C29H29NO5. The Labute approximate surface area is 204 Å². The molecule has 1 amide bonds. The lowest BCUT2D eigenvalue weighted by molar-refractivity contribution is -0.144. The first kappa shape index (κ1) is 23.0. The van der Waals surface area contributed by atoms with E-state index in [2.05, 4.69) is 29.6 Å². The molecule has 0 saturated heterocycles. The molecule has 6 nitrogen and oxygen atoms in total. The summed E-state index contributed by atoms with van der Waals surface area (Å²) in [6, 6.07) is 21.1. The first-order valence-electron chi connectivity index (χ1n) is 12.0. The van der Waals surface area contributed by atoms with Crippen LogP contribution in [0.2, 0.25) is 0 Å². The highest BCUT2D eigenvalue weighted by Gasteiger charge is 2.45. The summed E-state index contributed by atoms with van der Waals surface area (Å²) < 4.78 is 11.4. The molecule has 0 aromatic heterocycles. The van der Waals surface area contributed by atoms with E-state index in [4.69, 9.17) is 9.47 Å². The maximum absolute atomic E-state index is 13.1. The summed E-state index contributed by atoms with van der Waals surface area (Å²) in [5, 5.41) is 12.8. The van der Waals surface area contributed by atoms with Gasteiger partial charge < -0.3 is 19.9 Å². The molecule has 2 aliphatic rings. The van der Waals surface area contributed by atoms with Gasteiger partial charge in [-0.25, -0.2) is 4.79 Å². The Morgan fingerprint density at radius 1 is 0.971 bits per heavy atom. The van der Waals surface area contributed by atoms with Crippen molar-refractivity contribution in [3.05, 3.63) is 94.5 Å². The molecule has 5 rings (SSSR count). The quantitative estimate of drug-likeness (QED) is 0.478. The minimum Gasteiger partial charge on any atom is -0.493 e. The van der Waals surface area contributed by atoms with E-state index in [-0.39, 0.29) is 12.8 Å². The fourth-order valence-corrected chi connectivity index (χ4v) is 4.83. The molecule has 0 radical (unpaired) electrons. The number of hydrogen-bond acceptors (Lipinski definition) is 4. The smallest absolute Gasteiger partial charge is 0.330 e. The zero-order chi connectivity index (χ0) is 24.4. The number of amides is 1. The Kier molecular flexibility index (Phi) is 6.20. The van der Waals surface area contributed by atoms with E-state index in [1.165, 1.54) is 24.0 Å². The molecule has 1 fully saturated rings. The predicted octanol–water partition coefficient (Wildman–Crippen LogP) is 4.55. The van der Waals surface area contributed by atoms with Crippen LogP contribution >= 0.6 is 0 Å². The van der Waals surface area contributed by atoms with E-state index < -0.39 is 17.4 Å². The van der Waals surface area contributed by atoms with Crippen molar-refractivity contribution in [1.29, 1.82) is 0 Å². The van der Waals surface area contributed by atoms with Crippen LogP contribution in [0.4, 0.5) is 0 Å². The molecule has 2 N–H and O–H groups in total. The van der Waals surface area contributed by atoms with E-state index in [0.717, 1.165) is 17.5 Å². The first-order chi connectivity index (χ1) is 17.0. The number of methoxy groups -OCH3 is 1. The molecule has 0 bridgehead atoms. The van der Waals surface area contributed by atoms with Gasteiger partial charge >= 0.3 is 5.97 Å². The Bertz CT molecular complexity index is 1240. The second-order valence-corrected chi connectivity index (χ2v) is 9.45. The van der Waals surface area contributed by atoms with Crippen LogP contribution in [0.1, 0.15) is 51.4 Å². The van der Waals surface area contributed by atoms with Crippen molar-refractivity contribution in [2.45, 2.75) is 43.6 Å². The van der Waals surface area contributed by atoms with Crippen LogP contribution in [-0.2, 0) is 24.1 Å². The van der Waals surface area contributed by atoms with Crippen LogP contribution in [0, 0.1) is 0 Å². The summed E-state index contributed by atoms with van der Waals surface area (Å²) in [5.41, 5.74) is 3.45. The highest BCUT2D eigenvalue weighted by atomic mass is 16.5. The van der Waals surface area contributed by atoms with Crippen molar-refractivity contribution in [2.24, 2.45) is 0 Å². The van der Waals surface area contributed by atoms with Gasteiger partial charge in [-0.15, -0.1) is 0 Å². The van der Waals surface area contributed by atoms with Gasteiger partial charge in [-0.05, 0) is 59.2 Å². The van der Waals surface area contributed by atoms with Crippen molar-refractivity contribution in [1.82, 2.24) is 5.32 Å². The van der Waals surface area contributed by atoms with Crippen molar-refractivity contribution < 1.29 is 24.2 Å². The number of nitrogens with one attached hydrogen (secondary N) is 1. The molecule has 2 aliphatic carbocycles. The largest absolute Gasteiger partial charge is 0.493 e. The maximum atomic E-state index is 13.1. The molecule has 3 aromatic carbocycles. The van der Waals surface area contributed by atoms with Gasteiger partial charge in [0.05, 0.1) is 13.7 Å². The van der Waals surface area contributed by atoms with E-state index in [9.17, 15) is 14.7 Å². The second kappa shape index (κ2) is 9.45. The third-order valence-electron chi connectivity index (χ3n) is 6.94. The molecule has 0 heterocycles. The highest BCUT2D eigenvalue weighted by Crippen LogP contribution is 2.40. The number of carbonyl (C=O) groups excluding carboxylic acids is 1. The Morgan fingerprint density at radius 3 is 2.37 bits per heavy atom. The van der Waals surface area contributed by atoms with Gasteiger partial charge in [0.1, 0.15) is 5.54 Å². The minimum atomic E-state index is -1.37. The van der Waals surface area contributed by atoms with Gasteiger partial charge in [0.15, 0.2) is 11.5 Å². The molecule has 6 heteroatoms. The minimum absolute atomic E-state index is 0.254. The van der Waals surface area contributed by atoms with Crippen molar-refractivity contribution in [2.75, 3.05) is 13.7 Å². The molecule has 0 atom stereocenters. The van der Waals surface area contributed by atoms with Gasteiger partial charge in [-0.2, -0.15) is 0 Å². The lowest BCUT2D eigenvalue weighted by Crippen LogP contribution is -2.55. The topological polar surface area (TPSA) is 84.9 Å². The van der Waals surface area contributed by atoms with E-state index in [1.807, 2.05) is 24.3 Å². The fourth-order valence-electron chi connectivity index (χ4n) is 4.83. The molecule has 3 aromatic rings. The highest BCUT2D eigenvalue weighted by molar-refractivity contribution is 5.99. The van der Waals surface area contributed by atoms with Crippen molar-refractivity contribution >= 4 is 11.9 Å². The van der Waals surface area contributed by atoms with Crippen molar-refractivity contribution in [3.8, 4) is 11.5 Å². The van der Waals surface area contributed by atoms with Gasteiger partial charge in [0, 0.05) is 24.8 Å². The average molecular weight is 472 g/mol. The van der Waals surface area contributed by atoms with E-state index in [0.29, 0.717) is 29.6 Å². The van der Waals surface area contributed by atoms with E-state index >= 15 is 0 Å².